The second kappa shape index (κ2) is 3.43. The molecular weight excluding hydrogens is 154 g/mol. The zero-order valence-corrected chi connectivity index (χ0v) is 6.38. The van der Waals surface area contributed by atoms with Crippen LogP contribution in [0.15, 0.2) is 12.4 Å². The maximum absolute atomic E-state index is 8.88. The molecule has 0 aliphatic rings. The van der Waals surface area contributed by atoms with Crippen LogP contribution >= 0.6 is 12.4 Å². The van der Waals surface area contributed by atoms with Gasteiger partial charge < -0.3 is 10.8 Å². The summed E-state index contributed by atoms with van der Waals surface area (Å²) in [5.41, 5.74) is 5.89. The highest BCUT2D eigenvalue weighted by atomic mass is 35.5. The molecule has 1 aromatic heterocycles. The van der Waals surface area contributed by atoms with Crippen LogP contribution in [0.3, 0.4) is 0 Å². The van der Waals surface area contributed by atoms with Gasteiger partial charge in [0.1, 0.15) is 6.23 Å². The molecule has 1 atom stereocenters. The van der Waals surface area contributed by atoms with E-state index in [2.05, 4.69) is 5.10 Å². The van der Waals surface area contributed by atoms with E-state index < -0.39 is 6.23 Å². The molecular formula is C5H10ClN3O. The number of hydrogen-bond donors (Lipinski definition) is 2. The lowest BCUT2D eigenvalue weighted by Gasteiger charge is -2.00. The number of aliphatic hydroxyl groups is 1. The number of hydrogen-bond acceptors (Lipinski definition) is 3. The van der Waals surface area contributed by atoms with Gasteiger partial charge in [-0.25, -0.2) is 4.68 Å². The van der Waals surface area contributed by atoms with E-state index in [1.165, 1.54) is 10.9 Å². The van der Waals surface area contributed by atoms with Crippen LogP contribution in [-0.4, -0.2) is 14.9 Å². The molecule has 1 aromatic rings. The third-order valence-corrected chi connectivity index (χ3v) is 1.00. The second-order valence-electron chi connectivity index (χ2n) is 1.89. The van der Waals surface area contributed by atoms with Gasteiger partial charge in [-0.15, -0.1) is 12.4 Å². The molecule has 4 nitrogen and oxygen atoms in total. The summed E-state index contributed by atoms with van der Waals surface area (Å²) in [6.45, 7) is 1.62. The van der Waals surface area contributed by atoms with Crippen molar-refractivity contribution in [3.05, 3.63) is 12.4 Å². The summed E-state index contributed by atoms with van der Waals surface area (Å²) < 4.78 is 1.38. The fourth-order valence-corrected chi connectivity index (χ4v) is 0.557. The monoisotopic (exact) mass is 163 g/mol. The van der Waals surface area contributed by atoms with E-state index in [1.807, 2.05) is 0 Å². The third kappa shape index (κ3) is 1.89. The minimum absolute atomic E-state index is 0. The average molecular weight is 164 g/mol. The molecule has 10 heavy (non-hydrogen) atoms. The lowest BCUT2D eigenvalue weighted by Crippen LogP contribution is -2.03. The van der Waals surface area contributed by atoms with Crippen molar-refractivity contribution in [3.63, 3.8) is 0 Å². The topological polar surface area (TPSA) is 64.1 Å². The molecule has 0 amide bonds. The standard InChI is InChI=1S/C5H9N3O.ClH/c1-4(9)8-3-5(6)2-7-8;/h2-4,9H,6H2,1H3;1H. The van der Waals surface area contributed by atoms with Crippen molar-refractivity contribution in [1.82, 2.24) is 9.78 Å². The van der Waals surface area contributed by atoms with Crippen molar-refractivity contribution >= 4 is 18.1 Å². The highest BCUT2D eigenvalue weighted by Crippen LogP contribution is 2.02. The van der Waals surface area contributed by atoms with Crippen LogP contribution < -0.4 is 5.73 Å². The van der Waals surface area contributed by atoms with Crippen LogP contribution in [0.25, 0.3) is 0 Å². The van der Waals surface area contributed by atoms with Gasteiger partial charge in [0.15, 0.2) is 0 Å². The fourth-order valence-electron chi connectivity index (χ4n) is 0.557. The molecule has 58 valence electrons. The Morgan fingerprint density at radius 1 is 1.80 bits per heavy atom. The fraction of sp³-hybridized carbons (Fsp3) is 0.400. The second-order valence-corrected chi connectivity index (χ2v) is 1.89. The molecule has 0 saturated heterocycles. The molecule has 3 N–H and O–H groups in total. The summed E-state index contributed by atoms with van der Waals surface area (Å²) in [5, 5.41) is 12.6. The molecule has 0 spiro atoms. The van der Waals surface area contributed by atoms with Gasteiger partial charge in [0.25, 0.3) is 0 Å². The van der Waals surface area contributed by atoms with E-state index in [9.17, 15) is 0 Å². The molecule has 1 unspecified atom stereocenters. The van der Waals surface area contributed by atoms with Crippen LogP contribution in [0.1, 0.15) is 13.2 Å². The molecule has 1 heterocycles. The van der Waals surface area contributed by atoms with Crippen LogP contribution in [0.4, 0.5) is 5.69 Å². The summed E-state index contributed by atoms with van der Waals surface area (Å²) in [6.07, 6.45) is 2.47. The van der Waals surface area contributed by atoms with Gasteiger partial charge in [-0.1, -0.05) is 0 Å². The van der Waals surface area contributed by atoms with Gasteiger partial charge in [-0.2, -0.15) is 5.10 Å². The summed E-state index contributed by atoms with van der Waals surface area (Å²) in [4.78, 5) is 0. The van der Waals surface area contributed by atoms with E-state index in [0.29, 0.717) is 5.69 Å². The summed E-state index contributed by atoms with van der Waals surface area (Å²) in [6, 6.07) is 0. The summed E-state index contributed by atoms with van der Waals surface area (Å²) >= 11 is 0. The van der Waals surface area contributed by atoms with E-state index in [1.54, 1.807) is 13.1 Å². The molecule has 0 aliphatic heterocycles. The lowest BCUT2D eigenvalue weighted by atomic mass is 10.6. The maximum Gasteiger partial charge on any atom is 0.144 e. The number of nitrogens with two attached hydrogens (primary N) is 1. The van der Waals surface area contributed by atoms with E-state index >= 15 is 0 Å². The van der Waals surface area contributed by atoms with Gasteiger partial charge in [-0.3, -0.25) is 0 Å². The SMILES string of the molecule is CC(O)n1cc(N)cn1.Cl. The van der Waals surface area contributed by atoms with Crippen molar-refractivity contribution in [2.24, 2.45) is 0 Å². The Morgan fingerprint density at radius 3 is 2.60 bits per heavy atom. The Kier molecular flexibility index (Phi) is 3.18. The number of halogens is 1. The number of rotatable bonds is 1. The minimum atomic E-state index is -0.595. The number of anilines is 1. The van der Waals surface area contributed by atoms with Crippen molar-refractivity contribution < 1.29 is 5.11 Å². The van der Waals surface area contributed by atoms with Crippen molar-refractivity contribution in [2.45, 2.75) is 13.2 Å². The van der Waals surface area contributed by atoms with Gasteiger partial charge in [0.05, 0.1) is 18.1 Å². The van der Waals surface area contributed by atoms with Gasteiger partial charge in [0, 0.05) is 0 Å². The first-order chi connectivity index (χ1) is 4.20. The van der Waals surface area contributed by atoms with Gasteiger partial charge in [0.2, 0.25) is 0 Å². The molecule has 0 saturated carbocycles. The van der Waals surface area contributed by atoms with Crippen molar-refractivity contribution in [3.8, 4) is 0 Å². The Morgan fingerprint density at radius 2 is 2.40 bits per heavy atom. The van der Waals surface area contributed by atoms with E-state index in [4.69, 9.17) is 10.8 Å². The Bertz CT molecular complexity index is 199. The molecule has 0 radical (unpaired) electrons. The Hall–Kier alpha value is -0.740. The molecule has 0 aromatic carbocycles. The normalized spacial score (nSPS) is 12.2. The zero-order valence-electron chi connectivity index (χ0n) is 5.56. The largest absolute Gasteiger partial charge is 0.396 e. The van der Waals surface area contributed by atoms with Crippen LogP contribution in [0.5, 0.6) is 0 Å². The number of nitrogen functional groups attached to an aromatic ring is 1. The molecule has 0 bridgehead atoms. The predicted molar refractivity (Wildman–Crippen MR) is 40.8 cm³/mol. The third-order valence-electron chi connectivity index (χ3n) is 1.00. The molecule has 1 rings (SSSR count). The summed E-state index contributed by atoms with van der Waals surface area (Å²) in [7, 11) is 0. The first-order valence-electron chi connectivity index (χ1n) is 2.68. The average Bonchev–Trinajstić information content (AvgIpc) is 2.14. The first kappa shape index (κ1) is 9.26. The first-order valence-corrected chi connectivity index (χ1v) is 2.68. The van der Waals surface area contributed by atoms with Crippen LogP contribution in [0.2, 0.25) is 0 Å². The maximum atomic E-state index is 8.88. The van der Waals surface area contributed by atoms with Crippen molar-refractivity contribution in [1.29, 1.82) is 0 Å². The van der Waals surface area contributed by atoms with Crippen LogP contribution in [-0.2, 0) is 0 Å². The number of aliphatic hydroxyl groups excluding tert-OH is 1. The Balaban J connectivity index is 0.000000810. The predicted octanol–water partition coefficient (Wildman–Crippen LogP) is 0.398. The minimum Gasteiger partial charge on any atom is -0.396 e. The van der Waals surface area contributed by atoms with Crippen molar-refractivity contribution in [2.75, 3.05) is 5.73 Å². The smallest absolute Gasteiger partial charge is 0.144 e. The van der Waals surface area contributed by atoms with E-state index in [-0.39, 0.29) is 12.4 Å². The Labute approximate surface area is 65.1 Å². The lowest BCUT2D eigenvalue weighted by molar-refractivity contribution is 0.111. The summed E-state index contributed by atoms with van der Waals surface area (Å²) in [5.74, 6) is 0. The zero-order chi connectivity index (χ0) is 6.85. The highest BCUT2D eigenvalue weighted by Gasteiger charge is 1.97. The molecule has 0 fully saturated rings. The highest BCUT2D eigenvalue weighted by molar-refractivity contribution is 5.85. The van der Waals surface area contributed by atoms with Crippen LogP contribution in [0, 0.1) is 0 Å². The van der Waals surface area contributed by atoms with Gasteiger partial charge in [-0.05, 0) is 6.92 Å². The molecule has 0 aliphatic carbocycles. The number of nitrogens with zero attached hydrogens (tertiary/aromatic N) is 2. The quantitative estimate of drug-likeness (QED) is 0.630. The number of aromatic nitrogens is 2. The van der Waals surface area contributed by atoms with Gasteiger partial charge >= 0.3 is 0 Å². The van der Waals surface area contributed by atoms with E-state index in [0.717, 1.165) is 0 Å². The molecule has 5 heteroatoms.